The molecule has 0 aromatic heterocycles. The molecule has 0 aliphatic carbocycles. The average molecular weight is 114 g/mol. The van der Waals surface area contributed by atoms with Crippen LogP contribution >= 0.6 is 11.9 Å². The zero-order chi connectivity index (χ0) is 5.54. The van der Waals surface area contributed by atoms with Crippen LogP contribution in [0.4, 0.5) is 0 Å². The van der Waals surface area contributed by atoms with Crippen LogP contribution in [-0.2, 0) is 0 Å². The lowest BCUT2D eigenvalue weighted by Gasteiger charge is -1.76. The highest BCUT2D eigenvalue weighted by molar-refractivity contribution is 8.00. The van der Waals surface area contributed by atoms with E-state index in [-0.39, 0.29) is 0 Å². The van der Waals surface area contributed by atoms with Crippen LogP contribution in [-0.4, -0.2) is 6.54 Å². The highest BCUT2D eigenvalue weighted by Gasteiger charge is 1.82. The Bertz CT molecular complexity index is 71.0. The number of hydrogen-bond acceptors (Lipinski definition) is 3. The summed E-state index contributed by atoms with van der Waals surface area (Å²) in [5, 5.41) is 8.54. The standard InChI is InChI=1S/C3H5NS.CHN/c1-2-4-5-3-1;1-2/h1,3-4H,2H2;1H. The van der Waals surface area contributed by atoms with Crippen molar-refractivity contribution in [2.45, 2.75) is 0 Å². The quantitative estimate of drug-likeness (QED) is 0.475. The van der Waals surface area contributed by atoms with Gasteiger partial charge in [0, 0.05) is 13.1 Å². The molecule has 1 N–H and O–H groups in total. The Morgan fingerprint density at radius 1 is 1.71 bits per heavy atom. The maximum atomic E-state index is 6.50. The molecule has 0 unspecified atom stereocenters. The summed E-state index contributed by atoms with van der Waals surface area (Å²) in [6, 6.07) is 0. The van der Waals surface area contributed by atoms with E-state index >= 15 is 0 Å². The maximum absolute atomic E-state index is 6.50. The lowest BCUT2D eigenvalue weighted by atomic mass is 10.7. The van der Waals surface area contributed by atoms with Gasteiger partial charge in [-0.15, -0.1) is 0 Å². The molecular weight excluding hydrogens is 108 g/mol. The van der Waals surface area contributed by atoms with Crippen molar-refractivity contribution in [3.05, 3.63) is 11.5 Å². The molecule has 0 aromatic carbocycles. The molecule has 0 aromatic rings. The number of rotatable bonds is 0. The SMILES string of the molecule is C#N.C1=CSNC1. The highest BCUT2D eigenvalue weighted by atomic mass is 32.2. The summed E-state index contributed by atoms with van der Waals surface area (Å²) >= 11 is 1.64. The largest absolute Gasteiger partial charge is 0.257 e. The van der Waals surface area contributed by atoms with E-state index in [0.29, 0.717) is 0 Å². The van der Waals surface area contributed by atoms with Crippen molar-refractivity contribution in [1.29, 1.82) is 5.26 Å². The van der Waals surface area contributed by atoms with Crippen molar-refractivity contribution in [2.24, 2.45) is 0 Å². The Morgan fingerprint density at radius 2 is 2.43 bits per heavy atom. The number of hydrogen-bond donors (Lipinski definition) is 1. The first-order valence-electron chi connectivity index (χ1n) is 1.79. The van der Waals surface area contributed by atoms with Crippen LogP contribution in [0.3, 0.4) is 0 Å². The van der Waals surface area contributed by atoms with Gasteiger partial charge in [0.25, 0.3) is 0 Å². The molecule has 0 fully saturated rings. The van der Waals surface area contributed by atoms with Crippen LogP contribution in [0, 0.1) is 11.8 Å². The third kappa shape index (κ3) is 3.37. The molecule has 1 heterocycles. The number of nitriles is 1. The van der Waals surface area contributed by atoms with Crippen molar-refractivity contribution in [3.8, 4) is 6.57 Å². The van der Waals surface area contributed by atoms with E-state index in [4.69, 9.17) is 5.26 Å². The first kappa shape index (κ1) is 6.54. The van der Waals surface area contributed by atoms with Crippen LogP contribution in [0.5, 0.6) is 0 Å². The Hall–Kier alpha value is -0.460. The number of nitrogens with zero attached hydrogens (tertiary/aromatic N) is 1. The number of nitrogens with one attached hydrogen (secondary N) is 1. The van der Waals surface area contributed by atoms with Gasteiger partial charge in [-0.2, -0.15) is 0 Å². The molecule has 1 rings (SSSR count). The minimum atomic E-state index is 1.03. The van der Waals surface area contributed by atoms with Crippen molar-refractivity contribution in [2.75, 3.05) is 6.54 Å². The molecule has 0 saturated carbocycles. The molecule has 0 spiro atoms. The monoisotopic (exact) mass is 114 g/mol. The first-order chi connectivity index (χ1) is 3.50. The second-order valence-electron chi connectivity index (χ2n) is 0.838. The van der Waals surface area contributed by atoms with Gasteiger partial charge in [-0.25, -0.2) is 5.26 Å². The van der Waals surface area contributed by atoms with Crippen LogP contribution in [0.15, 0.2) is 11.5 Å². The second kappa shape index (κ2) is 5.54. The summed E-state index contributed by atoms with van der Waals surface area (Å²) in [7, 11) is 0. The molecule has 2 nitrogen and oxygen atoms in total. The zero-order valence-electron chi connectivity index (χ0n) is 3.79. The van der Waals surface area contributed by atoms with E-state index in [1.807, 2.05) is 5.41 Å². The van der Waals surface area contributed by atoms with E-state index in [1.54, 1.807) is 11.9 Å². The fraction of sp³-hybridized carbons (Fsp3) is 0.250. The molecule has 0 amide bonds. The average Bonchev–Trinajstić information content (AvgIpc) is 2.23. The van der Waals surface area contributed by atoms with Crippen molar-refractivity contribution in [3.63, 3.8) is 0 Å². The molecule has 1 aliphatic rings. The van der Waals surface area contributed by atoms with Gasteiger partial charge in [-0.05, 0) is 5.41 Å². The summed E-state index contributed by atoms with van der Waals surface area (Å²) in [5.74, 6) is 0. The van der Waals surface area contributed by atoms with Gasteiger partial charge in [-0.3, -0.25) is 4.72 Å². The summed E-state index contributed by atoms with van der Waals surface area (Å²) in [5.41, 5.74) is 0. The smallest absolute Gasteiger partial charge is 0.0462 e. The van der Waals surface area contributed by atoms with Gasteiger partial charge in [-0.1, -0.05) is 18.0 Å². The highest BCUT2D eigenvalue weighted by Crippen LogP contribution is 1.99. The molecule has 7 heavy (non-hydrogen) atoms. The van der Waals surface area contributed by atoms with Crippen molar-refractivity contribution in [1.82, 2.24) is 4.72 Å². The Morgan fingerprint density at radius 3 is 2.57 bits per heavy atom. The Labute approximate surface area is 47.3 Å². The van der Waals surface area contributed by atoms with Gasteiger partial charge in [0.05, 0.1) is 0 Å². The molecule has 1 aliphatic heterocycles. The van der Waals surface area contributed by atoms with Gasteiger partial charge in [0.15, 0.2) is 0 Å². The topological polar surface area (TPSA) is 35.8 Å². The van der Waals surface area contributed by atoms with Crippen LogP contribution in [0.2, 0.25) is 0 Å². The third-order valence-electron chi connectivity index (χ3n) is 0.449. The summed E-state index contributed by atoms with van der Waals surface area (Å²) in [6.45, 7) is 4.53. The minimum Gasteiger partial charge on any atom is -0.257 e. The molecule has 0 saturated heterocycles. The van der Waals surface area contributed by atoms with Crippen LogP contribution < -0.4 is 4.72 Å². The van der Waals surface area contributed by atoms with E-state index in [1.165, 1.54) is 0 Å². The minimum absolute atomic E-state index is 1.03. The lowest BCUT2D eigenvalue weighted by Crippen LogP contribution is -1.92. The van der Waals surface area contributed by atoms with Gasteiger partial charge in [0.2, 0.25) is 0 Å². The fourth-order valence-corrected chi connectivity index (χ4v) is 0.722. The molecular formula is C4H6N2S. The predicted octanol–water partition coefficient (Wildman–Crippen LogP) is 0.891. The summed E-state index contributed by atoms with van der Waals surface area (Å²) in [6.07, 6.45) is 2.09. The zero-order valence-corrected chi connectivity index (χ0v) is 4.61. The van der Waals surface area contributed by atoms with Crippen molar-refractivity contribution >= 4 is 11.9 Å². The third-order valence-corrected chi connectivity index (χ3v) is 1.11. The lowest BCUT2D eigenvalue weighted by molar-refractivity contribution is 1.16. The molecule has 0 bridgehead atoms. The van der Waals surface area contributed by atoms with Crippen LogP contribution in [0.1, 0.15) is 0 Å². The normalized spacial score (nSPS) is 15.1. The fourth-order valence-electron chi connectivity index (χ4n) is 0.241. The van der Waals surface area contributed by atoms with Crippen LogP contribution in [0.25, 0.3) is 0 Å². The van der Waals surface area contributed by atoms with E-state index in [0.717, 1.165) is 6.54 Å². The molecule has 3 heteroatoms. The second-order valence-corrected chi connectivity index (χ2v) is 1.63. The van der Waals surface area contributed by atoms with Crippen molar-refractivity contribution < 1.29 is 0 Å². The molecule has 0 radical (unpaired) electrons. The van der Waals surface area contributed by atoms with Gasteiger partial charge >= 0.3 is 0 Å². The predicted molar refractivity (Wildman–Crippen MR) is 31.4 cm³/mol. The van der Waals surface area contributed by atoms with E-state index in [9.17, 15) is 0 Å². The summed E-state index contributed by atoms with van der Waals surface area (Å²) in [4.78, 5) is 0. The molecule has 38 valence electrons. The van der Waals surface area contributed by atoms with E-state index in [2.05, 4.69) is 17.4 Å². The molecule has 0 atom stereocenters. The van der Waals surface area contributed by atoms with Gasteiger partial charge in [0.1, 0.15) is 0 Å². The summed E-state index contributed by atoms with van der Waals surface area (Å²) < 4.78 is 3.03. The van der Waals surface area contributed by atoms with E-state index < -0.39 is 0 Å². The maximum Gasteiger partial charge on any atom is 0.0462 e. The van der Waals surface area contributed by atoms with Gasteiger partial charge < -0.3 is 0 Å². The Kier molecular flexibility index (Phi) is 5.18. The Balaban J connectivity index is 0.000000162. The first-order valence-corrected chi connectivity index (χ1v) is 2.67.